The maximum atomic E-state index is 12.7. The van der Waals surface area contributed by atoms with Crippen molar-refractivity contribution >= 4 is 23.1 Å². The Morgan fingerprint density at radius 1 is 1.12 bits per heavy atom. The fraction of sp³-hybridized carbons (Fsp3) is 0.150. The number of ketones is 1. The van der Waals surface area contributed by atoms with Crippen molar-refractivity contribution in [1.82, 2.24) is 9.97 Å². The Morgan fingerprint density at radius 2 is 1.85 bits per heavy atom. The summed E-state index contributed by atoms with van der Waals surface area (Å²) in [6, 6.07) is 13.3. The molecule has 3 N–H and O–H groups in total. The van der Waals surface area contributed by atoms with Crippen molar-refractivity contribution in [2.75, 3.05) is 5.32 Å². The van der Waals surface area contributed by atoms with Crippen molar-refractivity contribution in [3.8, 4) is 11.3 Å². The minimum absolute atomic E-state index is 0.0133. The Balaban J connectivity index is 1.85. The second-order valence-electron chi connectivity index (χ2n) is 6.32. The standard InChI is InChI=1S/C20H17N3O3/c24-16-11-13(20(25)26)10-15-17(16)19(22-14-4-2-1-3-5-14)18(23-15)12-6-8-21-9-7-12/h1-9,13,22-23H,10-11H2,(H,25,26). The number of benzene rings is 1. The Labute approximate surface area is 149 Å². The first-order chi connectivity index (χ1) is 12.6. The van der Waals surface area contributed by atoms with E-state index in [2.05, 4.69) is 15.3 Å². The van der Waals surface area contributed by atoms with Gasteiger partial charge in [0.15, 0.2) is 5.78 Å². The molecule has 3 aromatic rings. The minimum Gasteiger partial charge on any atom is -0.481 e. The molecule has 1 aliphatic carbocycles. The van der Waals surface area contributed by atoms with Crippen LogP contribution >= 0.6 is 0 Å². The fourth-order valence-electron chi connectivity index (χ4n) is 3.36. The summed E-state index contributed by atoms with van der Waals surface area (Å²) in [6.07, 6.45) is 3.69. The van der Waals surface area contributed by atoms with Gasteiger partial charge in [0.05, 0.1) is 22.9 Å². The van der Waals surface area contributed by atoms with Crippen LogP contribution < -0.4 is 5.32 Å². The number of carbonyl (C=O) groups is 2. The first kappa shape index (κ1) is 16.1. The molecule has 26 heavy (non-hydrogen) atoms. The van der Waals surface area contributed by atoms with Gasteiger partial charge in [-0.2, -0.15) is 0 Å². The molecule has 4 rings (SSSR count). The lowest BCUT2D eigenvalue weighted by Gasteiger charge is -2.18. The van der Waals surface area contributed by atoms with E-state index in [4.69, 9.17) is 0 Å². The number of H-pyrrole nitrogens is 1. The summed E-state index contributed by atoms with van der Waals surface area (Å²) in [6.45, 7) is 0. The number of nitrogens with zero attached hydrogens (tertiary/aromatic N) is 1. The van der Waals surface area contributed by atoms with Crippen molar-refractivity contribution in [1.29, 1.82) is 0 Å². The molecule has 2 heterocycles. The zero-order valence-corrected chi connectivity index (χ0v) is 13.9. The van der Waals surface area contributed by atoms with Gasteiger partial charge in [-0.3, -0.25) is 14.6 Å². The Hall–Kier alpha value is -3.41. The lowest BCUT2D eigenvalue weighted by atomic mass is 9.86. The highest BCUT2D eigenvalue weighted by Gasteiger charge is 2.34. The molecular weight excluding hydrogens is 330 g/mol. The number of aliphatic carboxylic acids is 1. The van der Waals surface area contributed by atoms with Crippen LogP contribution in [-0.4, -0.2) is 26.8 Å². The number of para-hydroxylation sites is 1. The maximum Gasteiger partial charge on any atom is 0.307 e. The largest absolute Gasteiger partial charge is 0.481 e. The number of carboxylic acids is 1. The summed E-state index contributed by atoms with van der Waals surface area (Å²) in [5.74, 6) is -1.79. The predicted octanol–water partition coefficient (Wildman–Crippen LogP) is 3.65. The Kier molecular flexibility index (Phi) is 4.01. The van der Waals surface area contributed by atoms with Gasteiger partial charge in [0.2, 0.25) is 0 Å². The number of fused-ring (bicyclic) bond motifs is 1. The summed E-state index contributed by atoms with van der Waals surface area (Å²) in [5, 5.41) is 12.7. The molecule has 1 atom stereocenters. The molecule has 0 radical (unpaired) electrons. The summed E-state index contributed by atoms with van der Waals surface area (Å²) in [5.41, 5.74) is 4.41. The molecule has 6 nitrogen and oxygen atoms in total. The third kappa shape index (κ3) is 2.86. The van der Waals surface area contributed by atoms with Crippen molar-refractivity contribution < 1.29 is 14.7 Å². The minimum atomic E-state index is -0.943. The van der Waals surface area contributed by atoms with E-state index in [1.54, 1.807) is 12.4 Å². The van der Waals surface area contributed by atoms with Gasteiger partial charge >= 0.3 is 5.97 Å². The number of aromatic nitrogens is 2. The molecule has 2 aromatic heterocycles. The number of hydrogen-bond donors (Lipinski definition) is 3. The monoisotopic (exact) mass is 347 g/mol. The van der Waals surface area contributed by atoms with Crippen LogP contribution in [0.1, 0.15) is 22.5 Å². The molecule has 0 bridgehead atoms. The van der Waals surface area contributed by atoms with Gasteiger partial charge in [-0.1, -0.05) is 18.2 Å². The van der Waals surface area contributed by atoms with Crippen molar-refractivity contribution in [3.63, 3.8) is 0 Å². The molecule has 0 amide bonds. The number of pyridine rings is 1. The van der Waals surface area contributed by atoms with Gasteiger partial charge in [-0.15, -0.1) is 0 Å². The van der Waals surface area contributed by atoms with Crippen LogP contribution in [0, 0.1) is 5.92 Å². The van der Waals surface area contributed by atoms with Crippen LogP contribution in [0.15, 0.2) is 54.9 Å². The van der Waals surface area contributed by atoms with Crippen molar-refractivity contribution in [3.05, 3.63) is 66.1 Å². The molecule has 130 valence electrons. The van der Waals surface area contributed by atoms with E-state index in [1.807, 2.05) is 42.5 Å². The van der Waals surface area contributed by atoms with Gasteiger partial charge < -0.3 is 15.4 Å². The lowest BCUT2D eigenvalue weighted by molar-refractivity contribution is -0.141. The average molecular weight is 347 g/mol. The van der Waals surface area contributed by atoms with E-state index in [9.17, 15) is 14.7 Å². The van der Waals surface area contributed by atoms with Crippen LogP contribution in [0.25, 0.3) is 11.3 Å². The third-order valence-corrected chi connectivity index (χ3v) is 4.60. The average Bonchev–Trinajstić information content (AvgIpc) is 3.02. The molecular formula is C20H17N3O3. The quantitative estimate of drug-likeness (QED) is 0.669. The van der Waals surface area contributed by atoms with E-state index in [1.165, 1.54) is 0 Å². The third-order valence-electron chi connectivity index (χ3n) is 4.60. The fourth-order valence-corrected chi connectivity index (χ4v) is 3.36. The number of aromatic amines is 1. The van der Waals surface area contributed by atoms with Crippen LogP contribution in [0.4, 0.5) is 11.4 Å². The van der Waals surface area contributed by atoms with Crippen molar-refractivity contribution in [2.45, 2.75) is 12.8 Å². The number of carboxylic acid groups (broad SMARTS) is 1. The summed E-state index contributed by atoms with van der Waals surface area (Å²) in [7, 11) is 0. The first-order valence-electron chi connectivity index (χ1n) is 8.37. The number of nitrogens with one attached hydrogen (secondary N) is 2. The second kappa shape index (κ2) is 6.48. The molecule has 0 spiro atoms. The van der Waals surface area contributed by atoms with E-state index < -0.39 is 11.9 Å². The van der Waals surface area contributed by atoms with Crippen LogP contribution in [0.2, 0.25) is 0 Å². The maximum absolute atomic E-state index is 12.7. The Bertz CT molecular complexity index is 965. The molecule has 0 saturated heterocycles. The van der Waals surface area contributed by atoms with Crippen LogP contribution in [0.5, 0.6) is 0 Å². The van der Waals surface area contributed by atoms with Gasteiger partial charge in [0.25, 0.3) is 0 Å². The summed E-state index contributed by atoms with van der Waals surface area (Å²) >= 11 is 0. The van der Waals surface area contributed by atoms with Gasteiger partial charge in [-0.25, -0.2) is 0 Å². The van der Waals surface area contributed by atoms with Gasteiger partial charge in [-0.05, 0) is 24.3 Å². The number of Topliss-reactive ketones (excluding diaryl/α,β-unsaturated/α-hetero) is 1. The van der Waals surface area contributed by atoms with Crippen LogP contribution in [-0.2, 0) is 11.2 Å². The molecule has 1 unspecified atom stereocenters. The zero-order valence-electron chi connectivity index (χ0n) is 13.9. The predicted molar refractivity (Wildman–Crippen MR) is 97.5 cm³/mol. The highest BCUT2D eigenvalue weighted by molar-refractivity contribution is 6.08. The molecule has 0 aliphatic heterocycles. The highest BCUT2D eigenvalue weighted by atomic mass is 16.4. The summed E-state index contributed by atoms with van der Waals surface area (Å²) < 4.78 is 0. The zero-order chi connectivity index (χ0) is 18.1. The van der Waals surface area contributed by atoms with E-state index >= 15 is 0 Å². The first-order valence-corrected chi connectivity index (χ1v) is 8.37. The van der Waals surface area contributed by atoms with E-state index in [-0.39, 0.29) is 12.2 Å². The number of rotatable bonds is 4. The molecule has 0 saturated carbocycles. The van der Waals surface area contributed by atoms with E-state index in [0.717, 1.165) is 16.9 Å². The molecule has 0 fully saturated rings. The van der Waals surface area contributed by atoms with E-state index in [0.29, 0.717) is 23.4 Å². The SMILES string of the molecule is O=C1CC(C(=O)O)Cc2[nH]c(-c3ccncc3)c(Nc3ccccc3)c21. The number of hydrogen-bond acceptors (Lipinski definition) is 4. The molecule has 6 heteroatoms. The number of carbonyl (C=O) groups excluding carboxylic acids is 1. The molecule has 1 aliphatic rings. The smallest absolute Gasteiger partial charge is 0.307 e. The number of anilines is 2. The van der Waals surface area contributed by atoms with Gasteiger partial charge in [0, 0.05) is 42.2 Å². The van der Waals surface area contributed by atoms with Crippen LogP contribution in [0.3, 0.4) is 0 Å². The second-order valence-corrected chi connectivity index (χ2v) is 6.32. The lowest BCUT2D eigenvalue weighted by Crippen LogP contribution is -2.26. The molecule has 1 aromatic carbocycles. The highest BCUT2D eigenvalue weighted by Crippen LogP contribution is 2.39. The summed E-state index contributed by atoms with van der Waals surface area (Å²) in [4.78, 5) is 31.4. The normalized spacial score (nSPS) is 16.2. The topological polar surface area (TPSA) is 95.1 Å². The van der Waals surface area contributed by atoms with Crippen molar-refractivity contribution in [2.24, 2.45) is 5.92 Å². The Morgan fingerprint density at radius 3 is 2.54 bits per heavy atom. The van der Waals surface area contributed by atoms with Gasteiger partial charge in [0.1, 0.15) is 0 Å².